The van der Waals surface area contributed by atoms with E-state index in [0.29, 0.717) is 24.4 Å². The van der Waals surface area contributed by atoms with Crippen LogP contribution < -0.4 is 15.6 Å². The number of furan rings is 1. The van der Waals surface area contributed by atoms with Crippen molar-refractivity contribution < 1.29 is 9.15 Å². The summed E-state index contributed by atoms with van der Waals surface area (Å²) in [5.74, 6) is 2.29. The van der Waals surface area contributed by atoms with Crippen LogP contribution in [-0.4, -0.2) is 21.0 Å². The van der Waals surface area contributed by atoms with E-state index in [4.69, 9.17) is 14.1 Å². The molecule has 4 heterocycles. The molecule has 0 aliphatic heterocycles. The van der Waals surface area contributed by atoms with Gasteiger partial charge in [0.2, 0.25) is 0 Å². The Kier molecular flexibility index (Phi) is 4.71. The minimum atomic E-state index is -0.196. The number of hydrogen-bond acceptors (Lipinski definition) is 5. The number of aromatic nitrogens is 3. The normalized spacial score (nSPS) is 11.3. The van der Waals surface area contributed by atoms with E-state index in [0.717, 1.165) is 39.4 Å². The first-order chi connectivity index (χ1) is 15.1. The Balaban J connectivity index is 1.68. The lowest BCUT2D eigenvalue weighted by molar-refractivity contribution is 0.340. The highest BCUT2D eigenvalue weighted by Gasteiger charge is 2.19. The summed E-state index contributed by atoms with van der Waals surface area (Å²) >= 11 is 0. The van der Waals surface area contributed by atoms with Gasteiger partial charge in [-0.25, -0.2) is 4.98 Å². The van der Waals surface area contributed by atoms with E-state index in [2.05, 4.69) is 10.3 Å². The van der Waals surface area contributed by atoms with Crippen molar-refractivity contribution in [1.29, 1.82) is 0 Å². The van der Waals surface area contributed by atoms with Crippen LogP contribution in [0.3, 0.4) is 0 Å². The molecule has 0 unspecified atom stereocenters. The van der Waals surface area contributed by atoms with E-state index in [1.54, 1.807) is 6.26 Å². The summed E-state index contributed by atoms with van der Waals surface area (Å²) in [6.45, 7) is 5.00. The fraction of sp³-hybridized carbons (Fsp3) is 0.167. The van der Waals surface area contributed by atoms with E-state index in [-0.39, 0.29) is 5.56 Å². The van der Waals surface area contributed by atoms with Crippen molar-refractivity contribution in [2.24, 2.45) is 0 Å². The second-order valence-corrected chi connectivity index (χ2v) is 7.32. The number of hydrogen-bond donors (Lipinski definition) is 2. The molecule has 0 saturated heterocycles. The molecule has 31 heavy (non-hydrogen) atoms. The van der Waals surface area contributed by atoms with Gasteiger partial charge in [-0.1, -0.05) is 6.07 Å². The standard InChI is InChI=1S/C24H22N4O3/c1-3-30-17-8-9-20-16(12-17)13-19(24(29)26-20)21-23(25-14-18-7-5-11-31-18)28-10-4-6-15(2)22(28)27-21/h4-13,25H,3,14H2,1-2H3,(H,26,29). The molecule has 0 radical (unpaired) electrons. The third-order valence-corrected chi connectivity index (χ3v) is 5.24. The Morgan fingerprint density at radius 3 is 2.90 bits per heavy atom. The number of anilines is 1. The largest absolute Gasteiger partial charge is 0.494 e. The van der Waals surface area contributed by atoms with Gasteiger partial charge in [0.25, 0.3) is 5.56 Å². The Bertz CT molecular complexity index is 1430. The molecule has 0 atom stereocenters. The summed E-state index contributed by atoms with van der Waals surface area (Å²) in [6, 6.07) is 15.2. The lowest BCUT2D eigenvalue weighted by Gasteiger charge is -2.09. The fourth-order valence-corrected chi connectivity index (χ4v) is 3.76. The van der Waals surface area contributed by atoms with Gasteiger partial charge in [0.15, 0.2) is 0 Å². The van der Waals surface area contributed by atoms with E-state index < -0.39 is 0 Å². The van der Waals surface area contributed by atoms with Crippen molar-refractivity contribution in [1.82, 2.24) is 14.4 Å². The fourth-order valence-electron chi connectivity index (χ4n) is 3.76. The van der Waals surface area contributed by atoms with Crippen molar-refractivity contribution >= 4 is 22.4 Å². The average Bonchev–Trinajstić information content (AvgIpc) is 3.41. The van der Waals surface area contributed by atoms with E-state index in [9.17, 15) is 4.79 Å². The molecule has 156 valence electrons. The highest BCUT2D eigenvalue weighted by atomic mass is 16.5. The predicted octanol–water partition coefficient (Wildman–Crippen LogP) is 4.76. The van der Waals surface area contributed by atoms with E-state index >= 15 is 0 Å². The van der Waals surface area contributed by atoms with Crippen LogP contribution in [-0.2, 0) is 6.54 Å². The van der Waals surface area contributed by atoms with Gasteiger partial charge in [-0.05, 0) is 61.9 Å². The maximum atomic E-state index is 13.0. The smallest absolute Gasteiger partial charge is 0.258 e. The van der Waals surface area contributed by atoms with Crippen molar-refractivity contribution in [2.75, 3.05) is 11.9 Å². The molecule has 4 aromatic heterocycles. The number of nitrogens with zero attached hydrogens (tertiary/aromatic N) is 2. The molecule has 2 N–H and O–H groups in total. The predicted molar refractivity (Wildman–Crippen MR) is 121 cm³/mol. The summed E-state index contributed by atoms with van der Waals surface area (Å²) in [7, 11) is 0. The van der Waals surface area contributed by atoms with Crippen molar-refractivity contribution in [3.63, 3.8) is 0 Å². The van der Waals surface area contributed by atoms with Gasteiger partial charge in [-0.15, -0.1) is 0 Å². The zero-order valence-electron chi connectivity index (χ0n) is 17.3. The maximum absolute atomic E-state index is 13.0. The van der Waals surface area contributed by atoms with E-state index in [1.165, 1.54) is 0 Å². The third-order valence-electron chi connectivity index (χ3n) is 5.24. The zero-order valence-corrected chi connectivity index (χ0v) is 17.3. The van der Waals surface area contributed by atoms with Crippen molar-refractivity contribution in [2.45, 2.75) is 20.4 Å². The molecule has 0 bridgehead atoms. The lowest BCUT2D eigenvalue weighted by atomic mass is 10.1. The minimum absolute atomic E-state index is 0.196. The molecule has 1 aromatic carbocycles. The number of imidazole rings is 1. The highest BCUT2D eigenvalue weighted by Crippen LogP contribution is 2.30. The summed E-state index contributed by atoms with van der Waals surface area (Å²) in [6.07, 6.45) is 3.58. The monoisotopic (exact) mass is 414 g/mol. The summed E-state index contributed by atoms with van der Waals surface area (Å²) in [4.78, 5) is 20.8. The molecule has 7 heteroatoms. The van der Waals surface area contributed by atoms with Gasteiger partial charge in [0, 0.05) is 17.1 Å². The zero-order chi connectivity index (χ0) is 21.4. The number of pyridine rings is 2. The maximum Gasteiger partial charge on any atom is 0.258 e. The van der Waals surface area contributed by atoms with Crippen molar-refractivity contribution in [3.05, 3.63) is 82.7 Å². The first-order valence-corrected chi connectivity index (χ1v) is 10.2. The van der Waals surface area contributed by atoms with Crippen LogP contribution in [0.4, 0.5) is 5.82 Å². The molecule has 5 aromatic rings. The molecule has 0 saturated carbocycles. The van der Waals surface area contributed by atoms with Gasteiger partial charge >= 0.3 is 0 Å². The average molecular weight is 414 g/mol. The van der Waals surface area contributed by atoms with Gasteiger partial charge in [-0.2, -0.15) is 0 Å². The summed E-state index contributed by atoms with van der Waals surface area (Å²) in [5.41, 5.74) is 3.45. The molecule has 0 amide bonds. The SMILES string of the molecule is CCOc1ccc2[nH]c(=O)c(-c3nc4c(C)cccn4c3NCc3ccco3)cc2c1. The number of H-pyrrole nitrogens is 1. The van der Waals surface area contributed by atoms with Gasteiger partial charge in [0.05, 0.1) is 25.0 Å². The molecule has 7 nitrogen and oxygen atoms in total. The van der Waals surface area contributed by atoms with Crippen LogP contribution in [0, 0.1) is 6.92 Å². The van der Waals surface area contributed by atoms with Crippen LogP contribution in [0.25, 0.3) is 27.8 Å². The third kappa shape index (κ3) is 3.44. The van der Waals surface area contributed by atoms with Gasteiger partial charge in [0.1, 0.15) is 28.7 Å². The summed E-state index contributed by atoms with van der Waals surface area (Å²) < 4.78 is 13.0. The van der Waals surface area contributed by atoms with Gasteiger partial charge in [-0.3, -0.25) is 9.20 Å². The highest BCUT2D eigenvalue weighted by molar-refractivity contribution is 5.87. The van der Waals surface area contributed by atoms with Crippen LogP contribution in [0.1, 0.15) is 18.2 Å². The quantitative estimate of drug-likeness (QED) is 0.419. The Morgan fingerprint density at radius 2 is 2.10 bits per heavy atom. The molecule has 0 aliphatic rings. The molecular formula is C24H22N4O3. The van der Waals surface area contributed by atoms with Crippen LogP contribution in [0.2, 0.25) is 0 Å². The number of nitrogens with one attached hydrogen (secondary N) is 2. The number of aromatic amines is 1. The van der Waals surface area contributed by atoms with E-state index in [1.807, 2.05) is 73.0 Å². The second kappa shape index (κ2) is 7.68. The number of rotatable bonds is 6. The number of fused-ring (bicyclic) bond motifs is 2. The van der Waals surface area contributed by atoms with Crippen LogP contribution in [0.5, 0.6) is 5.75 Å². The molecule has 0 fully saturated rings. The first-order valence-electron chi connectivity index (χ1n) is 10.2. The minimum Gasteiger partial charge on any atom is -0.494 e. The summed E-state index contributed by atoms with van der Waals surface area (Å²) in [5, 5.41) is 4.28. The number of ether oxygens (including phenoxy) is 1. The Morgan fingerprint density at radius 1 is 1.19 bits per heavy atom. The van der Waals surface area contributed by atoms with Crippen LogP contribution in [0.15, 0.2) is 70.2 Å². The number of benzene rings is 1. The Hall–Kier alpha value is -4.00. The van der Waals surface area contributed by atoms with Gasteiger partial charge < -0.3 is 19.5 Å². The topological polar surface area (TPSA) is 84.6 Å². The lowest BCUT2D eigenvalue weighted by Crippen LogP contribution is -2.11. The number of aryl methyl sites for hydroxylation is 1. The molecule has 0 aliphatic carbocycles. The first kappa shape index (κ1) is 19.0. The molecular weight excluding hydrogens is 392 g/mol. The Labute approximate surface area is 178 Å². The second-order valence-electron chi connectivity index (χ2n) is 7.32. The van der Waals surface area contributed by atoms with Crippen molar-refractivity contribution in [3.8, 4) is 17.0 Å². The molecule has 5 rings (SSSR count). The van der Waals surface area contributed by atoms with Crippen LogP contribution >= 0.6 is 0 Å². The molecule has 0 spiro atoms.